The molecule has 0 aromatic rings. The number of allylic oxidation sites excluding steroid dienone is 1. The van der Waals surface area contributed by atoms with Gasteiger partial charge in [-0.15, -0.1) is 0 Å². The van der Waals surface area contributed by atoms with Crippen molar-refractivity contribution in [2.24, 2.45) is 5.92 Å². The van der Waals surface area contributed by atoms with Crippen LogP contribution in [-0.2, 0) is 9.53 Å². The van der Waals surface area contributed by atoms with E-state index in [1.54, 1.807) is 6.92 Å². The minimum absolute atomic E-state index is 0.00597. The third-order valence-electron chi connectivity index (χ3n) is 3.60. The Morgan fingerprint density at radius 1 is 1.38 bits per heavy atom. The molecule has 1 saturated carbocycles. The summed E-state index contributed by atoms with van der Waals surface area (Å²) in [6.45, 7) is 5.30. The van der Waals surface area contributed by atoms with Crippen LogP contribution >= 0.6 is 0 Å². The molecule has 1 fully saturated rings. The van der Waals surface area contributed by atoms with E-state index in [1.807, 2.05) is 0 Å². The summed E-state index contributed by atoms with van der Waals surface area (Å²) < 4.78 is 5.39. The van der Waals surface area contributed by atoms with Gasteiger partial charge in [0.05, 0.1) is 0 Å². The molecule has 0 heterocycles. The van der Waals surface area contributed by atoms with Crippen molar-refractivity contribution in [1.82, 2.24) is 0 Å². The Hall–Kier alpha value is -1.05. The Morgan fingerprint density at radius 3 is 2.94 bits per heavy atom. The zero-order chi connectivity index (χ0) is 11.5. The van der Waals surface area contributed by atoms with Crippen LogP contribution < -0.4 is 0 Å². The Morgan fingerprint density at radius 2 is 2.19 bits per heavy atom. The summed E-state index contributed by atoms with van der Waals surface area (Å²) in [5.74, 6) is 0.518. The van der Waals surface area contributed by atoms with Crippen LogP contribution in [0.15, 0.2) is 23.8 Å². The second-order valence-electron chi connectivity index (χ2n) is 4.99. The largest absolute Gasteiger partial charge is 0.455 e. The fourth-order valence-corrected chi connectivity index (χ4v) is 2.68. The predicted octanol–water partition coefficient (Wildman–Crippen LogP) is 3.38. The molecule has 0 aromatic heterocycles. The zero-order valence-electron chi connectivity index (χ0n) is 10.00. The van der Waals surface area contributed by atoms with Crippen molar-refractivity contribution in [2.75, 3.05) is 0 Å². The topological polar surface area (TPSA) is 26.3 Å². The maximum absolute atomic E-state index is 11.4. The van der Waals surface area contributed by atoms with Gasteiger partial charge < -0.3 is 4.74 Å². The number of hydrogen-bond acceptors (Lipinski definition) is 2. The predicted molar refractivity (Wildman–Crippen MR) is 64.0 cm³/mol. The molecule has 2 atom stereocenters. The fourth-order valence-electron chi connectivity index (χ4n) is 2.68. The Labute approximate surface area is 97.4 Å². The van der Waals surface area contributed by atoms with Crippen molar-refractivity contribution in [3.05, 3.63) is 23.8 Å². The number of fused-ring (bicyclic) bond motifs is 1. The van der Waals surface area contributed by atoms with Crippen LogP contribution in [0.5, 0.6) is 0 Å². The third-order valence-corrected chi connectivity index (χ3v) is 3.60. The molecule has 0 N–H and O–H groups in total. The minimum atomic E-state index is -0.254. The van der Waals surface area contributed by atoms with Crippen LogP contribution in [0.4, 0.5) is 0 Å². The third kappa shape index (κ3) is 2.55. The van der Waals surface area contributed by atoms with Crippen LogP contribution in [0.25, 0.3) is 0 Å². The number of carbonyl (C=O) groups is 1. The monoisotopic (exact) mass is 220 g/mol. The Balaban J connectivity index is 1.98. The van der Waals surface area contributed by atoms with Gasteiger partial charge in [0.15, 0.2) is 0 Å². The highest BCUT2D eigenvalue weighted by Gasteiger charge is 2.26. The van der Waals surface area contributed by atoms with Gasteiger partial charge in [-0.25, -0.2) is 4.79 Å². The molecule has 88 valence electrons. The van der Waals surface area contributed by atoms with E-state index in [-0.39, 0.29) is 12.1 Å². The maximum atomic E-state index is 11.4. The van der Waals surface area contributed by atoms with Crippen molar-refractivity contribution in [1.29, 1.82) is 0 Å². The molecule has 0 spiro atoms. The van der Waals surface area contributed by atoms with Crippen LogP contribution in [-0.4, -0.2) is 12.1 Å². The van der Waals surface area contributed by atoms with E-state index in [9.17, 15) is 4.79 Å². The summed E-state index contributed by atoms with van der Waals surface area (Å²) in [5, 5.41) is 0. The number of rotatable bonds is 2. The summed E-state index contributed by atoms with van der Waals surface area (Å²) >= 11 is 0. The first-order valence-electron chi connectivity index (χ1n) is 6.24. The van der Waals surface area contributed by atoms with E-state index >= 15 is 0 Å². The van der Waals surface area contributed by atoms with Crippen LogP contribution in [0.3, 0.4) is 0 Å². The molecule has 16 heavy (non-hydrogen) atoms. The maximum Gasteiger partial charge on any atom is 0.333 e. The summed E-state index contributed by atoms with van der Waals surface area (Å²) in [5.41, 5.74) is 2.01. The quantitative estimate of drug-likeness (QED) is 0.405. The lowest BCUT2D eigenvalue weighted by Gasteiger charge is -2.32. The van der Waals surface area contributed by atoms with Gasteiger partial charge in [0.25, 0.3) is 0 Å². The van der Waals surface area contributed by atoms with Gasteiger partial charge in [0, 0.05) is 5.57 Å². The number of carbonyl (C=O) groups excluding carboxylic acids is 1. The number of ether oxygens (including phenoxy) is 1. The second kappa shape index (κ2) is 4.86. The number of esters is 1. The van der Waals surface area contributed by atoms with Crippen molar-refractivity contribution < 1.29 is 9.53 Å². The molecule has 0 saturated heterocycles. The highest BCUT2D eigenvalue weighted by molar-refractivity contribution is 5.87. The van der Waals surface area contributed by atoms with E-state index in [2.05, 4.69) is 12.7 Å². The molecule has 2 aliphatic carbocycles. The standard InChI is InChI=1S/C14H20O2/c1-10(2)14(15)16-13-8-7-11-5-3-4-6-12(11)9-13/h9,11,13H,1,3-8H2,2H3. The minimum Gasteiger partial charge on any atom is -0.455 e. The molecule has 0 radical (unpaired) electrons. The average molecular weight is 220 g/mol. The normalized spacial score (nSPS) is 28.9. The van der Waals surface area contributed by atoms with E-state index in [1.165, 1.54) is 37.7 Å². The van der Waals surface area contributed by atoms with Gasteiger partial charge in [-0.2, -0.15) is 0 Å². The summed E-state index contributed by atoms with van der Waals surface area (Å²) in [4.78, 5) is 11.4. The average Bonchev–Trinajstić information content (AvgIpc) is 2.28. The highest BCUT2D eigenvalue weighted by atomic mass is 16.5. The van der Waals surface area contributed by atoms with Gasteiger partial charge in [-0.05, 0) is 51.0 Å². The number of hydrogen-bond donors (Lipinski definition) is 0. The molecule has 2 unspecified atom stereocenters. The molecule has 0 aliphatic heterocycles. The van der Waals surface area contributed by atoms with Crippen molar-refractivity contribution in [3.8, 4) is 0 Å². The van der Waals surface area contributed by atoms with Gasteiger partial charge in [-0.1, -0.05) is 18.6 Å². The summed E-state index contributed by atoms with van der Waals surface area (Å²) in [7, 11) is 0. The first kappa shape index (κ1) is 11.4. The van der Waals surface area contributed by atoms with Gasteiger partial charge in [-0.3, -0.25) is 0 Å². The molecule has 2 aliphatic rings. The molecule has 2 heteroatoms. The molecule has 0 bridgehead atoms. The van der Waals surface area contributed by atoms with Gasteiger partial charge in [0.1, 0.15) is 6.10 Å². The van der Waals surface area contributed by atoms with E-state index in [0.717, 1.165) is 12.3 Å². The highest BCUT2D eigenvalue weighted by Crippen LogP contribution is 2.37. The van der Waals surface area contributed by atoms with Crippen LogP contribution in [0.1, 0.15) is 45.4 Å². The van der Waals surface area contributed by atoms with Gasteiger partial charge in [0.2, 0.25) is 0 Å². The van der Waals surface area contributed by atoms with E-state index in [4.69, 9.17) is 4.74 Å². The lowest BCUT2D eigenvalue weighted by atomic mass is 9.77. The summed E-state index contributed by atoms with van der Waals surface area (Å²) in [6.07, 6.45) is 9.52. The first-order valence-corrected chi connectivity index (χ1v) is 6.24. The molecular formula is C14H20O2. The van der Waals surface area contributed by atoms with E-state index in [0.29, 0.717) is 5.57 Å². The summed E-state index contributed by atoms with van der Waals surface area (Å²) in [6, 6.07) is 0. The lowest BCUT2D eigenvalue weighted by molar-refractivity contribution is -0.142. The smallest absolute Gasteiger partial charge is 0.333 e. The molecule has 0 amide bonds. The van der Waals surface area contributed by atoms with E-state index < -0.39 is 0 Å². The van der Waals surface area contributed by atoms with Gasteiger partial charge >= 0.3 is 5.97 Å². The van der Waals surface area contributed by atoms with Crippen LogP contribution in [0.2, 0.25) is 0 Å². The molecule has 0 aromatic carbocycles. The van der Waals surface area contributed by atoms with Crippen molar-refractivity contribution in [2.45, 2.75) is 51.6 Å². The molecular weight excluding hydrogens is 200 g/mol. The van der Waals surface area contributed by atoms with Crippen molar-refractivity contribution in [3.63, 3.8) is 0 Å². The zero-order valence-corrected chi connectivity index (χ0v) is 10.00. The Bertz CT molecular complexity index is 328. The second-order valence-corrected chi connectivity index (χ2v) is 4.99. The van der Waals surface area contributed by atoms with Crippen LogP contribution in [0, 0.1) is 5.92 Å². The fraction of sp³-hybridized carbons (Fsp3) is 0.643. The lowest BCUT2D eigenvalue weighted by Crippen LogP contribution is -2.24. The molecule has 2 rings (SSSR count). The molecule has 2 nitrogen and oxygen atoms in total. The SMILES string of the molecule is C=C(C)C(=O)OC1C=C2CCCCC2CC1. The Kier molecular flexibility index (Phi) is 3.47. The first-order chi connectivity index (χ1) is 7.66. The van der Waals surface area contributed by atoms with Crippen molar-refractivity contribution >= 4 is 5.97 Å².